The predicted molar refractivity (Wildman–Crippen MR) is 84.4 cm³/mol. The number of nitrogens with zero attached hydrogens (tertiary/aromatic N) is 2. The van der Waals surface area contributed by atoms with E-state index in [1.54, 1.807) is 6.20 Å². The fourth-order valence-corrected chi connectivity index (χ4v) is 2.65. The molecule has 1 fully saturated rings. The van der Waals surface area contributed by atoms with Crippen LogP contribution in [0, 0.1) is 0 Å². The number of urea groups is 1. The Kier molecular flexibility index (Phi) is 4.31. The molecule has 1 aliphatic rings. The standard InChI is InChI=1S/C16H20N4O/c21-16(18-8-11-20-9-1-2-10-20)19-14-6-5-13-4-3-7-17-15(13)12-14/h3-7,12H,1-2,8-11H2,(H2,18,19,21). The third-order valence-corrected chi connectivity index (χ3v) is 3.78. The summed E-state index contributed by atoms with van der Waals surface area (Å²) >= 11 is 0. The van der Waals surface area contributed by atoms with Crippen molar-refractivity contribution in [1.82, 2.24) is 15.2 Å². The number of likely N-dealkylation sites (tertiary alicyclic amines) is 1. The molecule has 1 aliphatic heterocycles. The molecule has 0 atom stereocenters. The van der Waals surface area contributed by atoms with E-state index >= 15 is 0 Å². The maximum absolute atomic E-state index is 11.9. The zero-order valence-corrected chi connectivity index (χ0v) is 12.0. The van der Waals surface area contributed by atoms with Gasteiger partial charge < -0.3 is 15.5 Å². The lowest BCUT2D eigenvalue weighted by Gasteiger charge is -2.15. The fourth-order valence-electron chi connectivity index (χ4n) is 2.65. The summed E-state index contributed by atoms with van der Waals surface area (Å²) < 4.78 is 0. The summed E-state index contributed by atoms with van der Waals surface area (Å²) in [6, 6.07) is 9.48. The summed E-state index contributed by atoms with van der Waals surface area (Å²) in [6.07, 6.45) is 4.30. The van der Waals surface area contributed by atoms with Crippen LogP contribution in [0.15, 0.2) is 36.5 Å². The van der Waals surface area contributed by atoms with Gasteiger partial charge in [-0.3, -0.25) is 4.98 Å². The maximum atomic E-state index is 11.9. The van der Waals surface area contributed by atoms with E-state index in [4.69, 9.17) is 0 Å². The molecule has 2 N–H and O–H groups in total. The molecule has 110 valence electrons. The molecule has 1 aromatic heterocycles. The third-order valence-electron chi connectivity index (χ3n) is 3.78. The highest BCUT2D eigenvalue weighted by Gasteiger charge is 2.11. The van der Waals surface area contributed by atoms with Gasteiger partial charge in [0.05, 0.1) is 5.52 Å². The number of carbonyl (C=O) groups excluding carboxylic acids is 1. The monoisotopic (exact) mass is 284 g/mol. The summed E-state index contributed by atoms with van der Waals surface area (Å²) in [5.41, 5.74) is 1.65. The number of hydrogen-bond donors (Lipinski definition) is 2. The van der Waals surface area contributed by atoms with Gasteiger partial charge in [0.2, 0.25) is 0 Å². The van der Waals surface area contributed by atoms with Crippen LogP contribution in [0.3, 0.4) is 0 Å². The summed E-state index contributed by atoms with van der Waals surface area (Å²) in [6.45, 7) is 3.91. The van der Waals surface area contributed by atoms with Gasteiger partial charge in [0.15, 0.2) is 0 Å². The van der Waals surface area contributed by atoms with Crippen LogP contribution in [-0.4, -0.2) is 42.1 Å². The number of carbonyl (C=O) groups is 1. The molecule has 2 amide bonds. The van der Waals surface area contributed by atoms with E-state index in [1.165, 1.54) is 12.8 Å². The second-order valence-electron chi connectivity index (χ2n) is 5.34. The van der Waals surface area contributed by atoms with E-state index in [0.717, 1.165) is 36.2 Å². The number of benzene rings is 1. The Hall–Kier alpha value is -2.14. The molecule has 5 nitrogen and oxygen atoms in total. The first kappa shape index (κ1) is 13.8. The zero-order valence-electron chi connectivity index (χ0n) is 12.0. The molecule has 0 spiro atoms. The normalized spacial score (nSPS) is 15.2. The largest absolute Gasteiger partial charge is 0.337 e. The van der Waals surface area contributed by atoms with E-state index in [9.17, 15) is 4.79 Å². The van der Waals surface area contributed by atoms with Gasteiger partial charge in [0, 0.05) is 30.4 Å². The number of anilines is 1. The van der Waals surface area contributed by atoms with Gasteiger partial charge in [-0.05, 0) is 44.1 Å². The van der Waals surface area contributed by atoms with Gasteiger partial charge in [-0.1, -0.05) is 12.1 Å². The molecule has 21 heavy (non-hydrogen) atoms. The van der Waals surface area contributed by atoms with Crippen LogP contribution in [0.5, 0.6) is 0 Å². The molecule has 1 saturated heterocycles. The number of rotatable bonds is 4. The van der Waals surface area contributed by atoms with E-state index < -0.39 is 0 Å². The molecule has 1 aromatic carbocycles. The molecule has 2 aromatic rings. The van der Waals surface area contributed by atoms with E-state index in [2.05, 4.69) is 20.5 Å². The van der Waals surface area contributed by atoms with Gasteiger partial charge in [0.25, 0.3) is 0 Å². The first-order valence-corrected chi connectivity index (χ1v) is 7.43. The molecular weight excluding hydrogens is 264 g/mol. The molecule has 2 heterocycles. The minimum atomic E-state index is -0.163. The topological polar surface area (TPSA) is 57.3 Å². The van der Waals surface area contributed by atoms with Crippen molar-refractivity contribution in [2.75, 3.05) is 31.5 Å². The Bertz CT molecular complexity index is 622. The molecular formula is C16H20N4O. The second-order valence-corrected chi connectivity index (χ2v) is 5.34. The minimum absolute atomic E-state index is 0.163. The highest BCUT2D eigenvalue weighted by molar-refractivity contribution is 5.92. The summed E-state index contributed by atoms with van der Waals surface area (Å²) in [5, 5.41) is 6.81. The Morgan fingerprint density at radius 2 is 2.10 bits per heavy atom. The van der Waals surface area contributed by atoms with E-state index in [0.29, 0.717) is 6.54 Å². The summed E-state index contributed by atoms with van der Waals surface area (Å²) in [4.78, 5) is 18.5. The van der Waals surface area contributed by atoms with Crippen LogP contribution in [0.4, 0.5) is 10.5 Å². The van der Waals surface area contributed by atoms with Crippen molar-refractivity contribution in [2.24, 2.45) is 0 Å². The van der Waals surface area contributed by atoms with Crippen LogP contribution in [0.25, 0.3) is 10.9 Å². The Labute approximate surface area is 124 Å². The van der Waals surface area contributed by atoms with Crippen molar-refractivity contribution in [2.45, 2.75) is 12.8 Å². The van der Waals surface area contributed by atoms with Crippen LogP contribution < -0.4 is 10.6 Å². The molecule has 0 aliphatic carbocycles. The molecule has 0 saturated carbocycles. The maximum Gasteiger partial charge on any atom is 0.319 e. The van der Waals surface area contributed by atoms with Gasteiger partial charge in [-0.2, -0.15) is 0 Å². The van der Waals surface area contributed by atoms with Crippen LogP contribution >= 0.6 is 0 Å². The lowest BCUT2D eigenvalue weighted by atomic mass is 10.2. The first-order chi connectivity index (χ1) is 10.3. The van der Waals surface area contributed by atoms with Crippen molar-refractivity contribution < 1.29 is 4.79 Å². The first-order valence-electron chi connectivity index (χ1n) is 7.43. The highest BCUT2D eigenvalue weighted by atomic mass is 16.2. The van der Waals surface area contributed by atoms with Crippen molar-refractivity contribution in [3.05, 3.63) is 36.5 Å². The lowest BCUT2D eigenvalue weighted by Crippen LogP contribution is -2.35. The third kappa shape index (κ3) is 3.70. The number of aromatic nitrogens is 1. The van der Waals surface area contributed by atoms with Crippen LogP contribution in [-0.2, 0) is 0 Å². The van der Waals surface area contributed by atoms with Crippen molar-refractivity contribution in [3.8, 4) is 0 Å². The summed E-state index contributed by atoms with van der Waals surface area (Å²) in [5.74, 6) is 0. The number of fused-ring (bicyclic) bond motifs is 1. The smallest absolute Gasteiger partial charge is 0.319 e. The van der Waals surface area contributed by atoms with Crippen molar-refractivity contribution in [3.63, 3.8) is 0 Å². The minimum Gasteiger partial charge on any atom is -0.337 e. The molecule has 0 bridgehead atoms. The van der Waals surface area contributed by atoms with Gasteiger partial charge >= 0.3 is 6.03 Å². The van der Waals surface area contributed by atoms with Crippen molar-refractivity contribution in [1.29, 1.82) is 0 Å². The van der Waals surface area contributed by atoms with Gasteiger partial charge in [0.1, 0.15) is 0 Å². The fraction of sp³-hybridized carbons (Fsp3) is 0.375. The highest BCUT2D eigenvalue weighted by Crippen LogP contribution is 2.16. The van der Waals surface area contributed by atoms with Gasteiger partial charge in [-0.25, -0.2) is 4.79 Å². The molecule has 0 unspecified atom stereocenters. The molecule has 3 rings (SSSR count). The van der Waals surface area contributed by atoms with Crippen LogP contribution in [0.1, 0.15) is 12.8 Å². The van der Waals surface area contributed by atoms with Crippen LogP contribution in [0.2, 0.25) is 0 Å². The van der Waals surface area contributed by atoms with E-state index in [1.807, 2.05) is 30.3 Å². The average molecular weight is 284 g/mol. The predicted octanol–water partition coefficient (Wildman–Crippen LogP) is 2.45. The van der Waals surface area contributed by atoms with Crippen molar-refractivity contribution >= 4 is 22.6 Å². The zero-order chi connectivity index (χ0) is 14.5. The van der Waals surface area contributed by atoms with E-state index in [-0.39, 0.29) is 6.03 Å². The Morgan fingerprint density at radius 1 is 1.24 bits per heavy atom. The van der Waals surface area contributed by atoms with Gasteiger partial charge in [-0.15, -0.1) is 0 Å². The number of nitrogens with one attached hydrogen (secondary N) is 2. The molecule has 0 radical (unpaired) electrons. The number of amides is 2. The average Bonchev–Trinajstić information content (AvgIpc) is 3.00. The Morgan fingerprint density at radius 3 is 2.95 bits per heavy atom. The number of pyridine rings is 1. The SMILES string of the molecule is O=C(NCCN1CCCC1)Nc1ccc2cccnc2c1. The lowest BCUT2D eigenvalue weighted by molar-refractivity contribution is 0.249. The molecule has 5 heteroatoms. The summed E-state index contributed by atoms with van der Waals surface area (Å²) in [7, 11) is 0. The quantitative estimate of drug-likeness (QED) is 0.906. The second kappa shape index (κ2) is 6.54. The number of hydrogen-bond acceptors (Lipinski definition) is 3. The Balaban J connectivity index is 1.50.